The Hall–Kier alpha value is -0.720. The number of hydrogen-bond donors (Lipinski definition) is 0. The van der Waals surface area contributed by atoms with E-state index in [4.69, 9.17) is 11.6 Å². The third-order valence-electron chi connectivity index (χ3n) is 2.62. The molecule has 0 aliphatic heterocycles. The minimum Gasteiger partial charge on any atom is -0.207 e. The molecule has 108 valence electrons. The number of nitrogens with zero attached hydrogens (tertiary/aromatic N) is 1. The highest BCUT2D eigenvalue weighted by molar-refractivity contribution is 7.89. The van der Waals surface area contributed by atoms with Gasteiger partial charge in [0.2, 0.25) is 10.0 Å². The van der Waals surface area contributed by atoms with E-state index >= 15 is 0 Å². The fourth-order valence-electron chi connectivity index (χ4n) is 1.57. The normalized spacial score (nSPS) is 12.1. The Morgan fingerprint density at radius 2 is 1.89 bits per heavy atom. The van der Waals surface area contributed by atoms with Crippen LogP contribution < -0.4 is 0 Å². The van der Waals surface area contributed by atoms with Gasteiger partial charge in [-0.25, -0.2) is 17.2 Å². The summed E-state index contributed by atoms with van der Waals surface area (Å²) in [4.78, 5) is -0.257. The average molecular weight is 312 g/mol. The third kappa shape index (κ3) is 4.12. The van der Waals surface area contributed by atoms with Crippen LogP contribution in [0.3, 0.4) is 0 Å². The maximum atomic E-state index is 13.1. The van der Waals surface area contributed by atoms with Gasteiger partial charge in [0, 0.05) is 19.0 Å². The van der Waals surface area contributed by atoms with Gasteiger partial charge in [0.15, 0.2) is 11.6 Å². The van der Waals surface area contributed by atoms with Crippen LogP contribution in [0.4, 0.5) is 8.78 Å². The summed E-state index contributed by atoms with van der Waals surface area (Å²) in [6.07, 6.45) is 1.51. The smallest absolute Gasteiger partial charge is 0.207 e. The lowest BCUT2D eigenvalue weighted by molar-refractivity contribution is 0.419. The molecule has 0 N–H and O–H groups in total. The fourth-order valence-corrected chi connectivity index (χ4v) is 3.36. The first-order valence-electron chi connectivity index (χ1n) is 5.94. The van der Waals surface area contributed by atoms with Gasteiger partial charge < -0.3 is 0 Å². The molecule has 0 aliphatic carbocycles. The van der Waals surface area contributed by atoms with Gasteiger partial charge in [-0.2, -0.15) is 4.31 Å². The average Bonchev–Trinajstić information content (AvgIpc) is 2.37. The molecule has 1 aromatic rings. The number of hydrogen-bond acceptors (Lipinski definition) is 2. The van der Waals surface area contributed by atoms with Gasteiger partial charge in [0.1, 0.15) is 0 Å². The molecule has 0 aliphatic rings. The van der Waals surface area contributed by atoms with E-state index in [1.54, 1.807) is 0 Å². The lowest BCUT2D eigenvalue weighted by Crippen LogP contribution is -2.33. The van der Waals surface area contributed by atoms with Gasteiger partial charge in [-0.15, -0.1) is 11.6 Å². The molecule has 3 nitrogen and oxygen atoms in total. The summed E-state index contributed by atoms with van der Waals surface area (Å²) in [6.45, 7) is 2.39. The Kier molecular flexibility index (Phi) is 6.16. The molecule has 1 rings (SSSR count). The van der Waals surface area contributed by atoms with Crippen LogP contribution in [0.5, 0.6) is 0 Å². The molecule has 0 unspecified atom stereocenters. The van der Waals surface area contributed by atoms with Crippen molar-refractivity contribution >= 4 is 21.6 Å². The molecule has 0 heterocycles. The monoisotopic (exact) mass is 311 g/mol. The van der Waals surface area contributed by atoms with Gasteiger partial charge in [-0.05, 0) is 24.6 Å². The Balaban J connectivity index is 3.07. The van der Waals surface area contributed by atoms with Crippen LogP contribution in [0, 0.1) is 11.6 Å². The Morgan fingerprint density at radius 3 is 2.42 bits per heavy atom. The molecule has 0 atom stereocenters. The first-order valence-corrected chi connectivity index (χ1v) is 7.92. The predicted octanol–water partition coefficient (Wildman–Crippen LogP) is 2.99. The summed E-state index contributed by atoms with van der Waals surface area (Å²) in [7, 11) is -3.83. The molecule has 0 amide bonds. The van der Waals surface area contributed by atoms with Crippen molar-refractivity contribution in [3.63, 3.8) is 0 Å². The van der Waals surface area contributed by atoms with Crippen molar-refractivity contribution in [2.24, 2.45) is 0 Å². The first-order chi connectivity index (χ1) is 8.93. The van der Waals surface area contributed by atoms with E-state index in [9.17, 15) is 17.2 Å². The summed E-state index contributed by atoms with van der Waals surface area (Å²) in [6, 6.07) is 2.56. The van der Waals surface area contributed by atoms with E-state index in [1.807, 2.05) is 6.92 Å². The second-order valence-electron chi connectivity index (χ2n) is 4.02. The number of halogens is 3. The number of alkyl halides is 1. The molecule has 19 heavy (non-hydrogen) atoms. The third-order valence-corrected chi connectivity index (χ3v) is 4.69. The minimum atomic E-state index is -3.83. The summed E-state index contributed by atoms with van der Waals surface area (Å²) in [5.41, 5.74) is 0. The number of benzene rings is 1. The van der Waals surface area contributed by atoms with Gasteiger partial charge in [-0.3, -0.25) is 0 Å². The number of unbranched alkanes of at least 4 members (excludes halogenated alkanes) is 1. The molecule has 1 aromatic carbocycles. The largest absolute Gasteiger partial charge is 0.243 e. The minimum absolute atomic E-state index is 0.142. The zero-order valence-electron chi connectivity index (χ0n) is 10.6. The second-order valence-corrected chi connectivity index (χ2v) is 6.34. The molecule has 0 spiro atoms. The van der Waals surface area contributed by atoms with Crippen molar-refractivity contribution in [3.05, 3.63) is 29.8 Å². The lowest BCUT2D eigenvalue weighted by atomic mass is 10.3. The van der Waals surface area contributed by atoms with Crippen molar-refractivity contribution in [3.8, 4) is 0 Å². The van der Waals surface area contributed by atoms with E-state index in [2.05, 4.69) is 0 Å². The lowest BCUT2D eigenvalue weighted by Gasteiger charge is -2.21. The molecule has 0 saturated carbocycles. The molecule has 0 radical (unpaired) electrons. The van der Waals surface area contributed by atoms with Crippen LogP contribution in [0.25, 0.3) is 0 Å². The van der Waals surface area contributed by atoms with E-state index in [0.29, 0.717) is 19.0 Å². The van der Waals surface area contributed by atoms with Crippen LogP contribution in [-0.4, -0.2) is 31.7 Å². The number of rotatable bonds is 7. The van der Waals surface area contributed by atoms with E-state index in [1.165, 1.54) is 4.31 Å². The molecule has 7 heteroatoms. The predicted molar refractivity (Wildman–Crippen MR) is 70.7 cm³/mol. The van der Waals surface area contributed by atoms with Gasteiger partial charge in [0.05, 0.1) is 4.90 Å². The van der Waals surface area contributed by atoms with E-state index < -0.39 is 21.7 Å². The zero-order chi connectivity index (χ0) is 14.5. The van der Waals surface area contributed by atoms with Crippen LogP contribution in [0.2, 0.25) is 0 Å². The summed E-state index contributed by atoms with van der Waals surface area (Å²) < 4.78 is 51.7. The fraction of sp³-hybridized carbons (Fsp3) is 0.500. The van der Waals surface area contributed by atoms with Crippen LogP contribution in [-0.2, 0) is 10.0 Å². The highest BCUT2D eigenvalue weighted by Crippen LogP contribution is 2.19. The highest BCUT2D eigenvalue weighted by atomic mass is 35.5. The maximum Gasteiger partial charge on any atom is 0.243 e. The molecule has 0 aromatic heterocycles. The standard InChI is InChI=1S/C12H16ClF2NO2S/c1-2-3-7-16(8-6-13)19(17,18)10-4-5-11(14)12(15)9-10/h4-5,9H,2-3,6-8H2,1H3. The first kappa shape index (κ1) is 16.3. The Bertz CT molecular complexity index is 522. The molecular weight excluding hydrogens is 296 g/mol. The molecular formula is C12H16ClF2NO2S. The van der Waals surface area contributed by atoms with Crippen molar-refractivity contribution in [1.29, 1.82) is 0 Å². The number of sulfonamides is 1. The van der Waals surface area contributed by atoms with Crippen molar-refractivity contribution in [1.82, 2.24) is 4.31 Å². The highest BCUT2D eigenvalue weighted by Gasteiger charge is 2.24. The summed E-state index contributed by atoms with van der Waals surface area (Å²) in [5, 5.41) is 0. The quantitative estimate of drug-likeness (QED) is 0.726. The van der Waals surface area contributed by atoms with Crippen LogP contribution >= 0.6 is 11.6 Å². The summed E-state index contributed by atoms with van der Waals surface area (Å²) >= 11 is 5.59. The van der Waals surface area contributed by atoms with Crippen LogP contribution in [0.15, 0.2) is 23.1 Å². The van der Waals surface area contributed by atoms with Crippen LogP contribution in [0.1, 0.15) is 19.8 Å². The molecule has 0 fully saturated rings. The zero-order valence-corrected chi connectivity index (χ0v) is 12.1. The SMILES string of the molecule is CCCCN(CCCl)S(=O)(=O)c1ccc(F)c(F)c1. The van der Waals surface area contributed by atoms with Gasteiger partial charge in [-0.1, -0.05) is 13.3 Å². The van der Waals surface area contributed by atoms with Gasteiger partial charge >= 0.3 is 0 Å². The Morgan fingerprint density at radius 1 is 1.21 bits per heavy atom. The topological polar surface area (TPSA) is 37.4 Å². The van der Waals surface area contributed by atoms with Crippen molar-refractivity contribution < 1.29 is 17.2 Å². The Labute approximate surface area is 117 Å². The second kappa shape index (κ2) is 7.17. The van der Waals surface area contributed by atoms with E-state index in [0.717, 1.165) is 18.6 Å². The maximum absolute atomic E-state index is 13.1. The van der Waals surface area contributed by atoms with E-state index in [-0.39, 0.29) is 17.3 Å². The van der Waals surface area contributed by atoms with Crippen molar-refractivity contribution in [2.75, 3.05) is 19.0 Å². The molecule has 0 bridgehead atoms. The van der Waals surface area contributed by atoms with Gasteiger partial charge in [0.25, 0.3) is 0 Å². The molecule has 0 saturated heterocycles. The summed E-state index contributed by atoms with van der Waals surface area (Å²) in [5.74, 6) is -2.11. The van der Waals surface area contributed by atoms with Crippen molar-refractivity contribution in [2.45, 2.75) is 24.7 Å².